The van der Waals surface area contributed by atoms with Crippen molar-refractivity contribution in [1.82, 2.24) is 19.6 Å². The fourth-order valence-electron chi connectivity index (χ4n) is 3.39. The summed E-state index contributed by atoms with van der Waals surface area (Å²) in [6, 6.07) is 6.95. The smallest absolute Gasteiger partial charge is 0.323 e. The van der Waals surface area contributed by atoms with E-state index < -0.39 is 17.9 Å². The third-order valence-corrected chi connectivity index (χ3v) is 5.05. The molecular weight excluding hydrogens is 420 g/mol. The van der Waals surface area contributed by atoms with Crippen LogP contribution < -0.4 is 0 Å². The molecule has 0 spiro atoms. The molecule has 0 atom stereocenters. The van der Waals surface area contributed by atoms with Gasteiger partial charge in [0.25, 0.3) is 0 Å². The van der Waals surface area contributed by atoms with Crippen LogP contribution in [0, 0.1) is 0 Å². The second-order valence-electron chi connectivity index (χ2n) is 7.60. The van der Waals surface area contributed by atoms with Crippen molar-refractivity contribution in [3.05, 3.63) is 42.2 Å². The Morgan fingerprint density at radius 2 is 1.16 bits per heavy atom. The Bertz CT molecular complexity index is 817. The van der Waals surface area contributed by atoms with Crippen LogP contribution in [0.2, 0.25) is 0 Å². The van der Waals surface area contributed by atoms with Gasteiger partial charge in [-0.15, -0.1) is 0 Å². The minimum Gasteiger partial charge on any atom is -0.508 e. The number of phenols is 1. The molecule has 176 valence electrons. The van der Waals surface area contributed by atoms with Gasteiger partial charge < -0.3 is 30.2 Å². The van der Waals surface area contributed by atoms with Crippen molar-refractivity contribution >= 4 is 17.9 Å². The first-order valence-electron chi connectivity index (χ1n) is 10.3. The summed E-state index contributed by atoms with van der Waals surface area (Å²) in [5.74, 6) is -2.86. The van der Waals surface area contributed by atoms with Gasteiger partial charge in [-0.1, -0.05) is 18.2 Å². The molecule has 0 unspecified atom stereocenters. The number of carboxylic acids is 3. The first-order valence-corrected chi connectivity index (χ1v) is 10.3. The summed E-state index contributed by atoms with van der Waals surface area (Å²) >= 11 is 0. The molecule has 0 amide bonds. The molecule has 0 saturated heterocycles. The monoisotopic (exact) mass is 450 g/mol. The number of aliphatic carboxylic acids is 3. The molecular formula is C21H30N4O7. The quantitative estimate of drug-likeness (QED) is 0.419. The highest BCUT2D eigenvalue weighted by Gasteiger charge is 2.18. The van der Waals surface area contributed by atoms with Crippen molar-refractivity contribution in [3.8, 4) is 5.75 Å². The van der Waals surface area contributed by atoms with E-state index in [4.69, 9.17) is 5.11 Å². The third-order valence-electron chi connectivity index (χ3n) is 5.05. The van der Waals surface area contributed by atoms with Gasteiger partial charge in [0, 0.05) is 63.8 Å². The van der Waals surface area contributed by atoms with Crippen molar-refractivity contribution in [2.75, 3.05) is 58.9 Å². The Kier molecular flexibility index (Phi) is 9.76. The summed E-state index contributed by atoms with van der Waals surface area (Å²) in [7, 11) is 0. The molecule has 11 heteroatoms. The number of carbonyl (C=O) groups is 3. The number of nitrogens with zero attached hydrogens (tertiary/aromatic N) is 4. The molecule has 1 aliphatic rings. The van der Waals surface area contributed by atoms with E-state index in [-0.39, 0.29) is 31.9 Å². The van der Waals surface area contributed by atoms with Gasteiger partial charge in [0.15, 0.2) is 0 Å². The van der Waals surface area contributed by atoms with E-state index in [9.17, 15) is 29.7 Å². The minimum absolute atomic E-state index is 0.160. The van der Waals surface area contributed by atoms with Gasteiger partial charge in [0.1, 0.15) is 18.8 Å². The van der Waals surface area contributed by atoms with Gasteiger partial charge in [-0.25, -0.2) is 0 Å². The predicted molar refractivity (Wildman–Crippen MR) is 115 cm³/mol. The Hall–Kier alpha value is -3.31. The van der Waals surface area contributed by atoms with Crippen molar-refractivity contribution in [2.24, 2.45) is 0 Å². The maximum Gasteiger partial charge on any atom is 0.323 e. The summed E-state index contributed by atoms with van der Waals surface area (Å²) in [6.07, 6.45) is 3.09. The lowest BCUT2D eigenvalue weighted by Gasteiger charge is -2.31. The molecule has 2 rings (SSSR count). The molecule has 11 nitrogen and oxygen atoms in total. The second-order valence-corrected chi connectivity index (χ2v) is 7.60. The normalized spacial score (nSPS) is 17.9. The lowest BCUT2D eigenvalue weighted by atomic mass is 10.2. The van der Waals surface area contributed by atoms with E-state index >= 15 is 0 Å². The average molecular weight is 450 g/mol. The Morgan fingerprint density at radius 3 is 1.69 bits per heavy atom. The van der Waals surface area contributed by atoms with Crippen LogP contribution >= 0.6 is 0 Å². The molecule has 1 aliphatic heterocycles. The molecule has 1 aromatic carbocycles. The first kappa shape index (κ1) is 25.0. The highest BCUT2D eigenvalue weighted by Crippen LogP contribution is 2.18. The molecule has 0 radical (unpaired) electrons. The Labute approximate surface area is 186 Å². The number of aromatic hydroxyl groups is 1. The lowest BCUT2D eigenvalue weighted by Crippen LogP contribution is -2.44. The molecule has 0 aliphatic carbocycles. The number of hydrogen-bond donors (Lipinski definition) is 4. The van der Waals surface area contributed by atoms with Crippen LogP contribution in [0.4, 0.5) is 0 Å². The van der Waals surface area contributed by atoms with E-state index in [1.165, 1.54) is 11.1 Å². The van der Waals surface area contributed by atoms with Gasteiger partial charge in [0.05, 0.1) is 6.54 Å². The predicted octanol–water partition coefficient (Wildman–Crippen LogP) is -0.161. The van der Waals surface area contributed by atoms with E-state index in [1.54, 1.807) is 34.2 Å². The number of carboxylic acid groups (broad SMARTS) is 3. The molecule has 1 aromatic rings. The van der Waals surface area contributed by atoms with Crippen LogP contribution in [-0.2, 0) is 20.9 Å². The first-order chi connectivity index (χ1) is 15.2. The van der Waals surface area contributed by atoms with Crippen molar-refractivity contribution in [3.63, 3.8) is 0 Å². The largest absolute Gasteiger partial charge is 0.508 e. The second kappa shape index (κ2) is 12.5. The van der Waals surface area contributed by atoms with E-state index in [0.717, 1.165) is 5.56 Å². The number of phenolic OH excluding ortho intramolecular Hbond substituents is 1. The molecule has 0 bridgehead atoms. The summed E-state index contributed by atoms with van der Waals surface area (Å²) in [4.78, 5) is 40.6. The number of benzene rings is 1. The molecule has 32 heavy (non-hydrogen) atoms. The lowest BCUT2D eigenvalue weighted by molar-refractivity contribution is -0.139. The Morgan fingerprint density at radius 1 is 0.688 bits per heavy atom. The highest BCUT2D eigenvalue weighted by atomic mass is 16.4. The molecule has 4 N–H and O–H groups in total. The van der Waals surface area contributed by atoms with Crippen molar-refractivity contribution < 1.29 is 34.8 Å². The van der Waals surface area contributed by atoms with Crippen LogP contribution in [0.5, 0.6) is 5.75 Å². The maximum absolute atomic E-state index is 11.3. The van der Waals surface area contributed by atoms with Crippen LogP contribution in [0.1, 0.15) is 5.56 Å². The summed E-state index contributed by atoms with van der Waals surface area (Å²) in [6.45, 7) is 2.05. The van der Waals surface area contributed by atoms with Gasteiger partial charge in [-0.2, -0.15) is 0 Å². The SMILES string of the molecule is O=C(O)CN1/C=C\N(CC(=O)O)CCN(Cc2ccccc2O)CCN(CC(=O)O)CC1. The van der Waals surface area contributed by atoms with Crippen molar-refractivity contribution in [2.45, 2.75) is 6.54 Å². The van der Waals surface area contributed by atoms with Gasteiger partial charge in [-0.05, 0) is 6.07 Å². The average Bonchev–Trinajstić information content (AvgIpc) is 2.70. The van der Waals surface area contributed by atoms with Crippen LogP contribution in [0.15, 0.2) is 36.7 Å². The van der Waals surface area contributed by atoms with Crippen LogP contribution in [0.3, 0.4) is 0 Å². The maximum atomic E-state index is 11.3. The summed E-state index contributed by atoms with van der Waals surface area (Å²) in [5, 5.41) is 37.8. The van der Waals surface area contributed by atoms with E-state index in [0.29, 0.717) is 39.3 Å². The molecule has 0 aromatic heterocycles. The number of para-hydroxylation sites is 1. The highest BCUT2D eigenvalue weighted by molar-refractivity contribution is 5.70. The van der Waals surface area contributed by atoms with Crippen LogP contribution in [0.25, 0.3) is 0 Å². The fraction of sp³-hybridized carbons (Fsp3) is 0.476. The van der Waals surface area contributed by atoms with E-state index in [1.807, 2.05) is 11.0 Å². The van der Waals surface area contributed by atoms with E-state index in [2.05, 4.69) is 0 Å². The fourth-order valence-corrected chi connectivity index (χ4v) is 3.39. The molecule has 0 fully saturated rings. The Balaban J connectivity index is 2.23. The van der Waals surface area contributed by atoms with Gasteiger partial charge in [0.2, 0.25) is 0 Å². The summed E-state index contributed by atoms with van der Waals surface area (Å²) < 4.78 is 0. The standard InChI is InChI=1S/C21H30N4O7/c26-18-4-2-1-3-17(18)13-22-5-7-23(14-19(27)28)9-11-25(16-21(31)32)12-10-24(8-6-22)15-20(29)30/h1-4,9,11,26H,5-8,10,12-16H2,(H,27,28)(H,29,30)(H,31,32)/b11-9-. The van der Waals surface area contributed by atoms with Crippen molar-refractivity contribution in [1.29, 1.82) is 0 Å². The topological polar surface area (TPSA) is 145 Å². The van der Waals surface area contributed by atoms with Gasteiger partial charge >= 0.3 is 17.9 Å². The zero-order chi connectivity index (χ0) is 23.5. The minimum atomic E-state index is -1.04. The van der Waals surface area contributed by atoms with Gasteiger partial charge in [-0.3, -0.25) is 24.2 Å². The molecule has 0 saturated carbocycles. The zero-order valence-electron chi connectivity index (χ0n) is 17.8. The number of hydrogen-bond acceptors (Lipinski definition) is 8. The third kappa shape index (κ3) is 9.23. The number of rotatable bonds is 8. The zero-order valence-corrected chi connectivity index (χ0v) is 17.8. The summed E-state index contributed by atoms with van der Waals surface area (Å²) in [5.41, 5.74) is 0.720. The molecule has 1 heterocycles. The van der Waals surface area contributed by atoms with Crippen LogP contribution in [-0.4, -0.2) is 117 Å².